The molecule has 0 unspecified atom stereocenters. The number of thiazole rings is 1. The molecule has 0 fully saturated rings. The topological polar surface area (TPSA) is 42.2 Å². The maximum absolute atomic E-state index is 12.4. The molecule has 0 aliphatic heterocycles. The molecule has 0 saturated carbocycles. The molecule has 0 aliphatic carbocycles. The van der Waals surface area contributed by atoms with Crippen LogP contribution in [0.2, 0.25) is 0 Å². The minimum Gasteiger partial charge on any atom is -0.356 e. The Labute approximate surface area is 115 Å². The second kappa shape index (κ2) is 4.78. The molecular formula is C12H9F3N4S. The number of alkyl halides is 3. The van der Waals surface area contributed by atoms with E-state index in [2.05, 4.69) is 15.3 Å². The Hall–Kier alpha value is -2.09. The number of hydrogen-bond acceptors (Lipinski definition) is 4. The van der Waals surface area contributed by atoms with Crippen LogP contribution in [0.1, 0.15) is 11.4 Å². The van der Waals surface area contributed by atoms with Gasteiger partial charge in [0.2, 0.25) is 0 Å². The van der Waals surface area contributed by atoms with Crippen molar-refractivity contribution in [1.82, 2.24) is 14.4 Å². The summed E-state index contributed by atoms with van der Waals surface area (Å²) in [6.07, 6.45) is -0.725. The zero-order valence-corrected chi connectivity index (χ0v) is 10.9. The average molecular weight is 298 g/mol. The highest BCUT2D eigenvalue weighted by Gasteiger charge is 2.33. The second-order valence-corrected chi connectivity index (χ2v) is 4.95. The highest BCUT2D eigenvalue weighted by Crippen LogP contribution is 2.31. The van der Waals surface area contributed by atoms with Gasteiger partial charge in [0.05, 0.1) is 12.2 Å². The summed E-state index contributed by atoms with van der Waals surface area (Å²) < 4.78 is 39.1. The van der Waals surface area contributed by atoms with Gasteiger partial charge in [0.1, 0.15) is 5.65 Å². The summed E-state index contributed by atoms with van der Waals surface area (Å²) in [7, 11) is 0. The lowest BCUT2D eigenvalue weighted by Crippen LogP contribution is -2.06. The van der Waals surface area contributed by atoms with E-state index >= 15 is 0 Å². The maximum Gasteiger partial charge on any atom is 0.434 e. The van der Waals surface area contributed by atoms with Crippen molar-refractivity contribution < 1.29 is 13.2 Å². The normalized spacial score (nSPS) is 11.9. The predicted molar refractivity (Wildman–Crippen MR) is 69.6 cm³/mol. The summed E-state index contributed by atoms with van der Waals surface area (Å²) >= 11 is 0.926. The molecule has 0 radical (unpaired) electrons. The van der Waals surface area contributed by atoms with E-state index in [9.17, 15) is 13.2 Å². The molecule has 0 aromatic carbocycles. The summed E-state index contributed by atoms with van der Waals surface area (Å²) in [4.78, 5) is 7.84. The molecule has 1 N–H and O–H groups in total. The summed E-state index contributed by atoms with van der Waals surface area (Å²) in [6.45, 7) is 0.326. The third-order valence-electron chi connectivity index (χ3n) is 2.63. The van der Waals surface area contributed by atoms with Gasteiger partial charge in [0, 0.05) is 17.8 Å². The predicted octanol–water partition coefficient (Wildman–Crippen LogP) is 3.42. The molecule has 0 atom stereocenters. The van der Waals surface area contributed by atoms with Gasteiger partial charge < -0.3 is 9.72 Å². The summed E-state index contributed by atoms with van der Waals surface area (Å²) in [5.41, 5.74) is 0.652. The molecule has 0 bridgehead atoms. The first-order valence-corrected chi connectivity index (χ1v) is 6.59. The molecule has 104 valence electrons. The molecule has 3 heterocycles. The lowest BCUT2D eigenvalue weighted by molar-refractivity contribution is -0.140. The Bertz CT molecular complexity index is 698. The molecule has 0 amide bonds. The lowest BCUT2D eigenvalue weighted by Gasteiger charge is -2.01. The fraction of sp³-hybridized carbons (Fsp3) is 0.167. The summed E-state index contributed by atoms with van der Waals surface area (Å²) in [5.74, 6) is 0. The number of nitrogens with zero attached hydrogens (tertiary/aromatic N) is 3. The smallest absolute Gasteiger partial charge is 0.356 e. The number of hydrogen-bond donors (Lipinski definition) is 1. The number of fused-ring (bicyclic) bond motifs is 1. The lowest BCUT2D eigenvalue weighted by atomic mass is 10.5. The van der Waals surface area contributed by atoms with Gasteiger partial charge in [-0.05, 0) is 12.1 Å². The number of nitrogens with one attached hydrogen (secondary N) is 1. The van der Waals surface area contributed by atoms with Crippen LogP contribution in [0.3, 0.4) is 0 Å². The number of imidazole rings is 1. The van der Waals surface area contributed by atoms with Gasteiger partial charge in [0.15, 0.2) is 10.8 Å². The van der Waals surface area contributed by atoms with Crippen molar-refractivity contribution in [1.29, 1.82) is 0 Å². The molecule has 3 aromatic rings. The van der Waals surface area contributed by atoms with Crippen molar-refractivity contribution >= 4 is 22.1 Å². The SMILES string of the molecule is FC(F)(F)c1csc(NCc2cn3ccccc3n2)n1. The fourth-order valence-electron chi connectivity index (χ4n) is 1.72. The quantitative estimate of drug-likeness (QED) is 0.805. The van der Waals surface area contributed by atoms with Gasteiger partial charge in [-0.3, -0.25) is 0 Å². The Morgan fingerprint density at radius 3 is 2.80 bits per heavy atom. The molecule has 4 nitrogen and oxygen atoms in total. The third kappa shape index (κ3) is 2.60. The van der Waals surface area contributed by atoms with Gasteiger partial charge in [0.25, 0.3) is 0 Å². The highest BCUT2D eigenvalue weighted by molar-refractivity contribution is 7.13. The molecule has 0 saturated heterocycles. The first-order valence-electron chi connectivity index (χ1n) is 5.71. The first-order chi connectivity index (χ1) is 9.52. The van der Waals surface area contributed by atoms with Crippen molar-refractivity contribution in [2.45, 2.75) is 12.7 Å². The molecule has 3 aromatic heterocycles. The molecule has 8 heteroatoms. The van der Waals surface area contributed by atoms with Crippen LogP contribution in [0.25, 0.3) is 5.65 Å². The van der Waals surface area contributed by atoms with Crippen molar-refractivity contribution in [3.8, 4) is 0 Å². The largest absolute Gasteiger partial charge is 0.434 e. The van der Waals surface area contributed by atoms with Crippen LogP contribution >= 0.6 is 11.3 Å². The van der Waals surface area contributed by atoms with Gasteiger partial charge in [-0.25, -0.2) is 9.97 Å². The number of pyridine rings is 1. The van der Waals surface area contributed by atoms with E-state index in [1.54, 1.807) is 0 Å². The molecule has 0 spiro atoms. The highest BCUT2D eigenvalue weighted by atomic mass is 32.1. The van der Waals surface area contributed by atoms with Gasteiger partial charge in [-0.1, -0.05) is 6.07 Å². The zero-order valence-electron chi connectivity index (χ0n) is 10.1. The fourth-order valence-corrected chi connectivity index (χ4v) is 2.44. The second-order valence-electron chi connectivity index (χ2n) is 4.09. The van der Waals surface area contributed by atoms with E-state index < -0.39 is 11.9 Å². The third-order valence-corrected chi connectivity index (χ3v) is 3.43. The van der Waals surface area contributed by atoms with Gasteiger partial charge in [-0.2, -0.15) is 13.2 Å². The molecule has 3 rings (SSSR count). The van der Waals surface area contributed by atoms with Crippen molar-refractivity contribution in [2.75, 3.05) is 5.32 Å². The van der Waals surface area contributed by atoms with E-state index in [0.29, 0.717) is 6.54 Å². The Kier molecular flexibility index (Phi) is 3.09. The Morgan fingerprint density at radius 2 is 2.10 bits per heavy atom. The van der Waals surface area contributed by atoms with Crippen LogP contribution in [-0.2, 0) is 12.7 Å². The first kappa shape index (κ1) is 12.9. The van der Waals surface area contributed by atoms with Crippen LogP contribution in [0.4, 0.5) is 18.3 Å². The monoisotopic (exact) mass is 298 g/mol. The van der Waals surface area contributed by atoms with Crippen LogP contribution in [0.15, 0.2) is 36.0 Å². The van der Waals surface area contributed by atoms with Crippen LogP contribution in [0.5, 0.6) is 0 Å². The van der Waals surface area contributed by atoms with Crippen molar-refractivity contribution in [2.24, 2.45) is 0 Å². The maximum atomic E-state index is 12.4. The number of anilines is 1. The van der Waals surface area contributed by atoms with Crippen LogP contribution in [-0.4, -0.2) is 14.4 Å². The molecule has 0 aliphatic rings. The molecule has 20 heavy (non-hydrogen) atoms. The Balaban J connectivity index is 1.71. The van der Waals surface area contributed by atoms with Crippen molar-refractivity contribution in [3.63, 3.8) is 0 Å². The average Bonchev–Trinajstić information content (AvgIpc) is 3.02. The van der Waals surface area contributed by atoms with Gasteiger partial charge in [-0.15, -0.1) is 11.3 Å². The van der Waals surface area contributed by atoms with E-state index in [1.165, 1.54) is 0 Å². The van der Waals surface area contributed by atoms with Crippen LogP contribution in [0, 0.1) is 0 Å². The van der Waals surface area contributed by atoms with E-state index in [0.717, 1.165) is 28.1 Å². The zero-order chi connectivity index (χ0) is 14.2. The van der Waals surface area contributed by atoms with E-state index in [1.807, 2.05) is 35.0 Å². The Morgan fingerprint density at radius 1 is 1.25 bits per heavy atom. The summed E-state index contributed by atoms with van der Waals surface area (Å²) in [5, 5.41) is 4.07. The number of halogens is 3. The van der Waals surface area contributed by atoms with Crippen molar-refractivity contribution in [3.05, 3.63) is 47.4 Å². The van der Waals surface area contributed by atoms with Gasteiger partial charge >= 0.3 is 6.18 Å². The number of aromatic nitrogens is 3. The van der Waals surface area contributed by atoms with E-state index in [4.69, 9.17) is 0 Å². The van der Waals surface area contributed by atoms with Crippen LogP contribution < -0.4 is 5.32 Å². The molecular weight excluding hydrogens is 289 g/mol. The standard InChI is InChI=1S/C12H9F3N4S/c13-12(14,15)9-7-20-11(18-9)16-5-8-6-19-4-2-1-3-10(19)17-8/h1-4,6-7H,5H2,(H,16,18). The van der Waals surface area contributed by atoms with E-state index in [-0.39, 0.29) is 5.13 Å². The summed E-state index contributed by atoms with van der Waals surface area (Å²) in [6, 6.07) is 5.60. The number of rotatable bonds is 3. The minimum atomic E-state index is -4.40. The minimum absolute atomic E-state index is 0.231.